The molecular weight excluding hydrogens is 362 g/mol. The Bertz CT molecular complexity index is 873. The van der Waals surface area contributed by atoms with Gasteiger partial charge >= 0.3 is 0 Å². The fraction of sp³-hybridized carbons (Fsp3) is 0.167. The highest BCUT2D eigenvalue weighted by atomic mass is 32.2. The predicted molar refractivity (Wildman–Crippen MR) is 122 cm³/mol. The Labute approximate surface area is 172 Å². The van der Waals surface area contributed by atoms with E-state index in [1.54, 1.807) is 11.8 Å². The normalized spacial score (nSPS) is 13.4. The summed E-state index contributed by atoms with van der Waals surface area (Å²) in [5, 5.41) is 3.20. The molecule has 0 radical (unpaired) electrons. The van der Waals surface area contributed by atoms with Gasteiger partial charge in [-0.3, -0.25) is 9.97 Å². The number of allylic oxidation sites excluding steroid dienone is 7. The van der Waals surface area contributed by atoms with E-state index < -0.39 is 0 Å². The summed E-state index contributed by atoms with van der Waals surface area (Å²) in [5.74, 6) is 0. The fourth-order valence-electron chi connectivity index (χ4n) is 2.45. The van der Waals surface area contributed by atoms with E-state index in [2.05, 4.69) is 46.1 Å². The second-order valence-electron chi connectivity index (χ2n) is 5.62. The summed E-state index contributed by atoms with van der Waals surface area (Å²) >= 11 is 1.65. The molecule has 0 atom stereocenters. The van der Waals surface area contributed by atoms with E-state index in [4.69, 9.17) is 0 Å². The van der Waals surface area contributed by atoms with Crippen LogP contribution in [0.25, 0.3) is 11.1 Å². The number of nitrogens with one attached hydrogen (secondary N) is 1. The van der Waals surface area contributed by atoms with Crippen LogP contribution in [0.5, 0.6) is 0 Å². The Balaban J connectivity index is 0.00000136. The molecule has 1 aliphatic rings. The van der Waals surface area contributed by atoms with Crippen molar-refractivity contribution >= 4 is 22.9 Å². The Morgan fingerprint density at radius 2 is 1.86 bits per heavy atom. The molecule has 0 fully saturated rings. The minimum atomic E-state index is 0.873. The average molecular weight is 390 g/mol. The molecule has 3 nitrogen and oxygen atoms in total. The molecule has 0 unspecified atom stereocenters. The van der Waals surface area contributed by atoms with Crippen LogP contribution in [0.3, 0.4) is 0 Å². The molecule has 3 heterocycles. The molecule has 0 aromatic carbocycles. The van der Waals surface area contributed by atoms with E-state index in [-0.39, 0.29) is 0 Å². The zero-order valence-electron chi connectivity index (χ0n) is 16.7. The third-order valence-corrected chi connectivity index (χ3v) is 4.73. The van der Waals surface area contributed by atoms with Crippen molar-refractivity contribution in [1.29, 1.82) is 0 Å². The summed E-state index contributed by atoms with van der Waals surface area (Å²) in [6, 6.07) is 8.23. The number of dihydropyridines is 1. The lowest BCUT2D eigenvalue weighted by molar-refractivity contribution is 0.973. The number of aromatic nitrogens is 2. The molecule has 1 aliphatic heterocycles. The molecule has 0 amide bonds. The Morgan fingerprint density at radius 1 is 1.11 bits per heavy atom. The molecule has 0 spiro atoms. The Kier molecular flexibility index (Phi) is 9.02. The maximum absolute atomic E-state index is 4.56. The van der Waals surface area contributed by atoms with Crippen LogP contribution in [0.4, 0.5) is 0 Å². The monoisotopic (exact) mass is 389 g/mol. The number of rotatable bonds is 6. The molecule has 0 saturated carbocycles. The first kappa shape index (κ1) is 21.5. The van der Waals surface area contributed by atoms with Crippen LogP contribution in [0.2, 0.25) is 0 Å². The van der Waals surface area contributed by atoms with Crippen LogP contribution in [0.15, 0.2) is 95.7 Å². The zero-order valence-corrected chi connectivity index (χ0v) is 17.5. The summed E-state index contributed by atoms with van der Waals surface area (Å²) < 4.78 is 0. The topological polar surface area (TPSA) is 37.8 Å². The zero-order chi connectivity index (χ0) is 20.2. The van der Waals surface area contributed by atoms with Crippen molar-refractivity contribution in [2.75, 3.05) is 6.54 Å². The summed E-state index contributed by atoms with van der Waals surface area (Å²) in [7, 11) is 0. The van der Waals surface area contributed by atoms with Gasteiger partial charge in [-0.25, -0.2) is 0 Å². The minimum absolute atomic E-state index is 0.873. The summed E-state index contributed by atoms with van der Waals surface area (Å²) in [6.45, 7) is 10.7. The molecule has 4 heteroatoms. The van der Waals surface area contributed by atoms with E-state index in [0.717, 1.165) is 38.9 Å². The number of hydrogen-bond acceptors (Lipinski definition) is 4. The highest BCUT2D eigenvalue weighted by Crippen LogP contribution is 2.28. The van der Waals surface area contributed by atoms with Gasteiger partial charge in [-0.15, -0.1) is 0 Å². The van der Waals surface area contributed by atoms with E-state index in [1.165, 1.54) is 0 Å². The SMILES string of the molecule is C=C/C(=C\C=C/C)c1ccc(Sc2ccc(C3=CNCC=C3)nc2)cn1.CC. The quantitative estimate of drug-likeness (QED) is 0.588. The maximum Gasteiger partial charge on any atom is 0.0717 e. The summed E-state index contributed by atoms with van der Waals surface area (Å²) in [5.41, 5.74) is 3.99. The molecule has 144 valence electrons. The van der Waals surface area contributed by atoms with Crippen molar-refractivity contribution < 1.29 is 0 Å². The molecule has 2 aromatic rings. The van der Waals surface area contributed by atoms with Gasteiger partial charge in [0.1, 0.15) is 0 Å². The van der Waals surface area contributed by atoms with Gasteiger partial charge in [-0.05, 0) is 36.8 Å². The second kappa shape index (κ2) is 11.8. The lowest BCUT2D eigenvalue weighted by Crippen LogP contribution is -2.09. The predicted octanol–water partition coefficient (Wildman–Crippen LogP) is 6.30. The van der Waals surface area contributed by atoms with Crippen LogP contribution in [0, 0.1) is 0 Å². The summed E-state index contributed by atoms with van der Waals surface area (Å²) in [6.07, 6.45) is 17.8. The van der Waals surface area contributed by atoms with Crippen molar-refractivity contribution in [1.82, 2.24) is 15.3 Å². The van der Waals surface area contributed by atoms with E-state index in [9.17, 15) is 0 Å². The van der Waals surface area contributed by atoms with Crippen molar-refractivity contribution in [3.8, 4) is 0 Å². The third kappa shape index (κ3) is 6.10. The minimum Gasteiger partial charge on any atom is -0.387 e. The van der Waals surface area contributed by atoms with Gasteiger partial charge in [-0.2, -0.15) is 0 Å². The highest BCUT2D eigenvalue weighted by Gasteiger charge is 2.05. The molecular formula is C24H27N3S. The molecule has 3 rings (SSSR count). The van der Waals surface area contributed by atoms with Gasteiger partial charge in [0.2, 0.25) is 0 Å². The van der Waals surface area contributed by atoms with Gasteiger partial charge in [-0.1, -0.05) is 68.6 Å². The molecule has 1 N–H and O–H groups in total. The number of hydrogen-bond donors (Lipinski definition) is 1. The van der Waals surface area contributed by atoms with Crippen LogP contribution in [-0.2, 0) is 0 Å². The van der Waals surface area contributed by atoms with Crippen LogP contribution < -0.4 is 5.32 Å². The largest absolute Gasteiger partial charge is 0.387 e. The molecule has 0 saturated heterocycles. The summed E-state index contributed by atoms with van der Waals surface area (Å²) in [4.78, 5) is 11.3. The lowest BCUT2D eigenvalue weighted by atomic mass is 10.1. The molecule has 28 heavy (non-hydrogen) atoms. The first-order valence-corrected chi connectivity index (χ1v) is 10.3. The molecule has 0 bridgehead atoms. The van der Waals surface area contributed by atoms with Crippen molar-refractivity contribution in [2.45, 2.75) is 30.6 Å². The van der Waals surface area contributed by atoms with E-state index in [1.807, 2.05) is 75.8 Å². The van der Waals surface area contributed by atoms with E-state index in [0.29, 0.717) is 0 Å². The Morgan fingerprint density at radius 3 is 2.39 bits per heavy atom. The molecule has 0 aliphatic carbocycles. The van der Waals surface area contributed by atoms with Gasteiger partial charge in [0, 0.05) is 40.5 Å². The third-order valence-electron chi connectivity index (χ3n) is 3.78. The van der Waals surface area contributed by atoms with Crippen molar-refractivity contribution in [3.63, 3.8) is 0 Å². The van der Waals surface area contributed by atoms with Gasteiger partial charge in [0.05, 0.1) is 11.4 Å². The number of nitrogens with zero attached hydrogens (tertiary/aromatic N) is 2. The maximum atomic E-state index is 4.56. The second-order valence-corrected chi connectivity index (χ2v) is 6.77. The van der Waals surface area contributed by atoms with Gasteiger partial charge in [0.25, 0.3) is 0 Å². The average Bonchev–Trinajstić information content (AvgIpc) is 2.78. The highest BCUT2D eigenvalue weighted by molar-refractivity contribution is 7.99. The lowest BCUT2D eigenvalue weighted by Gasteiger charge is -2.09. The smallest absolute Gasteiger partial charge is 0.0717 e. The van der Waals surface area contributed by atoms with E-state index >= 15 is 0 Å². The van der Waals surface area contributed by atoms with Gasteiger partial charge in [0.15, 0.2) is 0 Å². The van der Waals surface area contributed by atoms with Crippen LogP contribution in [-0.4, -0.2) is 16.5 Å². The van der Waals surface area contributed by atoms with Crippen LogP contribution >= 0.6 is 11.8 Å². The first-order chi connectivity index (χ1) is 13.8. The molecule has 2 aromatic heterocycles. The van der Waals surface area contributed by atoms with Gasteiger partial charge < -0.3 is 5.32 Å². The van der Waals surface area contributed by atoms with Crippen molar-refractivity contribution in [2.24, 2.45) is 0 Å². The first-order valence-electron chi connectivity index (χ1n) is 9.46. The van der Waals surface area contributed by atoms with Crippen LogP contribution in [0.1, 0.15) is 32.2 Å². The standard InChI is InChI=1S/C22H21N3S.C2H6/c1-3-5-7-17(4-2)21-11-9-19(15-24-21)26-20-10-12-22(25-16-20)18-8-6-13-23-14-18;1-2/h3-12,14-16,23H,2,13H2,1H3;1-2H3/b5-3-,17-7+;. The number of pyridine rings is 2. The Hall–Kier alpha value is -2.85. The fourth-order valence-corrected chi connectivity index (χ4v) is 3.20. The van der Waals surface area contributed by atoms with Crippen molar-refractivity contribution in [3.05, 3.63) is 97.3 Å².